The van der Waals surface area contributed by atoms with E-state index in [0.717, 1.165) is 31.3 Å². The molecule has 0 saturated carbocycles. The molecular formula is C13H23N3OS. The Morgan fingerprint density at radius 2 is 2.44 bits per heavy atom. The number of methoxy groups -OCH3 is 1. The molecule has 1 aliphatic heterocycles. The van der Waals surface area contributed by atoms with Crippen molar-refractivity contribution in [2.45, 2.75) is 38.0 Å². The van der Waals surface area contributed by atoms with Crippen LogP contribution in [-0.2, 0) is 11.3 Å². The molecule has 0 spiro atoms. The van der Waals surface area contributed by atoms with Crippen LogP contribution in [0.2, 0.25) is 0 Å². The highest BCUT2D eigenvalue weighted by Crippen LogP contribution is 2.37. The molecule has 1 fully saturated rings. The lowest BCUT2D eigenvalue weighted by Gasteiger charge is -2.23. The van der Waals surface area contributed by atoms with E-state index in [1.165, 1.54) is 18.6 Å². The molecule has 0 bridgehead atoms. The van der Waals surface area contributed by atoms with Crippen LogP contribution in [0.4, 0.5) is 5.95 Å². The monoisotopic (exact) mass is 269 g/mol. The van der Waals surface area contributed by atoms with Crippen molar-refractivity contribution in [1.82, 2.24) is 9.55 Å². The van der Waals surface area contributed by atoms with Crippen LogP contribution in [0.5, 0.6) is 0 Å². The topological polar surface area (TPSA) is 39.1 Å². The molecule has 2 heterocycles. The highest BCUT2D eigenvalue weighted by atomic mass is 32.2. The van der Waals surface area contributed by atoms with Crippen LogP contribution in [0.15, 0.2) is 6.20 Å². The maximum Gasteiger partial charge on any atom is 0.203 e. The van der Waals surface area contributed by atoms with Crippen molar-refractivity contribution >= 4 is 17.7 Å². The van der Waals surface area contributed by atoms with Gasteiger partial charge in [-0.15, -0.1) is 0 Å². The zero-order valence-corrected chi connectivity index (χ0v) is 12.3. The largest absolute Gasteiger partial charge is 0.383 e. The third-order valence-electron chi connectivity index (χ3n) is 3.35. The Bertz CT molecular complexity index is 386. The summed E-state index contributed by atoms with van der Waals surface area (Å²) in [6.07, 6.45) is 4.70. The van der Waals surface area contributed by atoms with Gasteiger partial charge in [-0.2, -0.15) is 11.8 Å². The molecule has 0 aromatic carbocycles. The van der Waals surface area contributed by atoms with Crippen LogP contribution < -0.4 is 5.32 Å². The zero-order chi connectivity index (χ0) is 13.0. The molecule has 1 aromatic rings. The Morgan fingerprint density at radius 1 is 1.61 bits per heavy atom. The van der Waals surface area contributed by atoms with E-state index in [1.54, 1.807) is 7.11 Å². The van der Waals surface area contributed by atoms with Crippen molar-refractivity contribution in [2.24, 2.45) is 0 Å². The van der Waals surface area contributed by atoms with Crippen molar-refractivity contribution in [2.75, 3.05) is 31.3 Å². The molecule has 2 rings (SSSR count). The average Bonchev–Trinajstić information content (AvgIpc) is 2.91. The summed E-state index contributed by atoms with van der Waals surface area (Å²) in [5.41, 5.74) is 1.05. The Labute approximate surface area is 114 Å². The number of hydrogen-bond donors (Lipinski definition) is 1. The molecule has 0 amide bonds. The minimum absolute atomic E-state index is 0.367. The maximum absolute atomic E-state index is 5.13. The van der Waals surface area contributed by atoms with Crippen LogP contribution in [0.25, 0.3) is 0 Å². The summed E-state index contributed by atoms with van der Waals surface area (Å²) in [6, 6.07) is 0. The molecule has 5 heteroatoms. The molecule has 1 aromatic heterocycles. The van der Waals surface area contributed by atoms with Gasteiger partial charge in [-0.1, -0.05) is 0 Å². The smallest absolute Gasteiger partial charge is 0.203 e. The number of nitrogens with one attached hydrogen (secondary N) is 1. The van der Waals surface area contributed by atoms with Crippen molar-refractivity contribution in [3.05, 3.63) is 11.9 Å². The number of rotatable bonds is 6. The van der Waals surface area contributed by atoms with Gasteiger partial charge in [0.05, 0.1) is 12.3 Å². The average molecular weight is 269 g/mol. The van der Waals surface area contributed by atoms with E-state index >= 15 is 0 Å². The molecular weight excluding hydrogens is 246 g/mol. The van der Waals surface area contributed by atoms with E-state index < -0.39 is 0 Å². The van der Waals surface area contributed by atoms with E-state index in [2.05, 4.69) is 39.8 Å². The summed E-state index contributed by atoms with van der Waals surface area (Å²) >= 11 is 2.07. The van der Waals surface area contributed by atoms with Gasteiger partial charge in [0.15, 0.2) is 0 Å². The van der Waals surface area contributed by atoms with Gasteiger partial charge in [0.25, 0.3) is 0 Å². The molecule has 102 valence electrons. The van der Waals surface area contributed by atoms with Crippen molar-refractivity contribution < 1.29 is 4.74 Å². The van der Waals surface area contributed by atoms with E-state index in [4.69, 9.17) is 4.74 Å². The third-order valence-corrected chi connectivity index (χ3v) is 4.89. The molecule has 1 aliphatic rings. The van der Waals surface area contributed by atoms with Crippen molar-refractivity contribution in [3.8, 4) is 0 Å². The third kappa shape index (κ3) is 3.42. The van der Waals surface area contributed by atoms with Gasteiger partial charge in [-0.05, 0) is 32.4 Å². The first-order valence-electron chi connectivity index (χ1n) is 6.53. The quantitative estimate of drug-likeness (QED) is 0.861. The SMILES string of the molecule is COCCn1cc(C)nc1NCC1(C)CCCS1. The van der Waals surface area contributed by atoms with Gasteiger partial charge in [-0.3, -0.25) is 0 Å². The van der Waals surface area contributed by atoms with Gasteiger partial charge in [0, 0.05) is 31.1 Å². The molecule has 18 heavy (non-hydrogen) atoms. The Balaban J connectivity index is 1.95. The first-order valence-corrected chi connectivity index (χ1v) is 7.52. The predicted molar refractivity (Wildman–Crippen MR) is 77.4 cm³/mol. The summed E-state index contributed by atoms with van der Waals surface area (Å²) in [5, 5.41) is 3.50. The van der Waals surface area contributed by atoms with Gasteiger partial charge in [-0.25, -0.2) is 4.98 Å². The first kappa shape index (κ1) is 13.7. The van der Waals surface area contributed by atoms with Gasteiger partial charge < -0.3 is 14.6 Å². The fourth-order valence-electron chi connectivity index (χ4n) is 2.29. The molecule has 1 N–H and O–H groups in total. The van der Waals surface area contributed by atoms with Crippen LogP contribution in [-0.4, -0.2) is 40.3 Å². The van der Waals surface area contributed by atoms with E-state index in [0.29, 0.717) is 4.75 Å². The van der Waals surface area contributed by atoms with Gasteiger partial charge in [0.2, 0.25) is 5.95 Å². The van der Waals surface area contributed by atoms with Crippen LogP contribution >= 0.6 is 11.8 Å². The number of anilines is 1. The predicted octanol–water partition coefficient (Wildman–Crippen LogP) is 2.54. The summed E-state index contributed by atoms with van der Waals surface area (Å²) in [4.78, 5) is 4.54. The molecule has 1 atom stereocenters. The molecule has 1 saturated heterocycles. The normalized spacial score (nSPS) is 23.5. The minimum Gasteiger partial charge on any atom is -0.383 e. The molecule has 0 radical (unpaired) electrons. The molecule has 1 unspecified atom stereocenters. The van der Waals surface area contributed by atoms with E-state index in [-0.39, 0.29) is 0 Å². The highest BCUT2D eigenvalue weighted by molar-refractivity contribution is 8.00. The number of aryl methyl sites for hydroxylation is 1. The van der Waals surface area contributed by atoms with Gasteiger partial charge in [0.1, 0.15) is 0 Å². The fourth-order valence-corrected chi connectivity index (χ4v) is 3.53. The second-order valence-corrected chi connectivity index (χ2v) is 6.83. The van der Waals surface area contributed by atoms with Crippen molar-refractivity contribution in [1.29, 1.82) is 0 Å². The Hall–Kier alpha value is -0.680. The second kappa shape index (κ2) is 5.97. The lowest BCUT2D eigenvalue weighted by atomic mass is 10.1. The summed E-state index contributed by atoms with van der Waals surface area (Å²) in [5.74, 6) is 2.26. The number of thioether (sulfide) groups is 1. The lowest BCUT2D eigenvalue weighted by Crippen LogP contribution is -2.28. The summed E-state index contributed by atoms with van der Waals surface area (Å²) in [7, 11) is 1.73. The summed E-state index contributed by atoms with van der Waals surface area (Å²) in [6.45, 7) is 6.93. The van der Waals surface area contributed by atoms with Gasteiger partial charge >= 0.3 is 0 Å². The van der Waals surface area contributed by atoms with Crippen LogP contribution in [0, 0.1) is 6.92 Å². The Morgan fingerprint density at radius 3 is 3.11 bits per heavy atom. The number of ether oxygens (including phenoxy) is 1. The zero-order valence-electron chi connectivity index (χ0n) is 11.5. The van der Waals surface area contributed by atoms with Crippen LogP contribution in [0.1, 0.15) is 25.5 Å². The number of hydrogen-bond acceptors (Lipinski definition) is 4. The van der Waals surface area contributed by atoms with Crippen molar-refractivity contribution in [3.63, 3.8) is 0 Å². The Kier molecular flexibility index (Phi) is 4.56. The van der Waals surface area contributed by atoms with E-state index in [1.807, 2.05) is 6.92 Å². The minimum atomic E-state index is 0.367. The summed E-state index contributed by atoms with van der Waals surface area (Å²) < 4.78 is 7.63. The fraction of sp³-hybridized carbons (Fsp3) is 0.769. The highest BCUT2D eigenvalue weighted by Gasteiger charge is 2.29. The molecule has 0 aliphatic carbocycles. The maximum atomic E-state index is 5.13. The number of imidazole rings is 1. The van der Waals surface area contributed by atoms with Crippen LogP contribution in [0.3, 0.4) is 0 Å². The number of aromatic nitrogens is 2. The first-order chi connectivity index (χ1) is 8.63. The standard InChI is InChI=1S/C13H23N3OS/c1-11-9-16(6-7-17-3)12(15-11)14-10-13(2)5-4-8-18-13/h9H,4-8,10H2,1-3H3,(H,14,15). The van der Waals surface area contributed by atoms with E-state index in [9.17, 15) is 0 Å². The number of nitrogens with zero attached hydrogens (tertiary/aromatic N) is 2. The lowest BCUT2D eigenvalue weighted by molar-refractivity contribution is 0.187. The molecule has 4 nitrogen and oxygen atoms in total. The second-order valence-electron chi connectivity index (χ2n) is 5.15.